The van der Waals surface area contributed by atoms with Gasteiger partial charge in [-0.05, 0) is 31.1 Å². The van der Waals surface area contributed by atoms with Crippen molar-refractivity contribution >= 4 is 17.1 Å². The van der Waals surface area contributed by atoms with Crippen LogP contribution in [0.5, 0.6) is 5.75 Å². The van der Waals surface area contributed by atoms with Crippen molar-refractivity contribution in [1.29, 1.82) is 0 Å². The number of para-hydroxylation sites is 1. The van der Waals surface area contributed by atoms with E-state index in [0.29, 0.717) is 12.1 Å². The molecule has 0 aliphatic heterocycles. The molecule has 0 unspecified atom stereocenters. The van der Waals surface area contributed by atoms with Gasteiger partial charge in [0, 0.05) is 13.1 Å². The summed E-state index contributed by atoms with van der Waals surface area (Å²) in [5.41, 5.74) is 0.333. The molecule has 0 radical (unpaired) electrons. The standard InChI is InChI=1S/C10H14N2O2S/c1-11-6-7-12-15-10(14)8-4-2-3-5-9(8)13/h2-5,11-13H,6-7H2,1H3. The third-order valence-electron chi connectivity index (χ3n) is 1.77. The molecule has 0 fully saturated rings. The summed E-state index contributed by atoms with van der Waals surface area (Å²) in [5.74, 6) is 0.0189. The van der Waals surface area contributed by atoms with Crippen LogP contribution in [-0.2, 0) is 0 Å². The highest BCUT2D eigenvalue weighted by Crippen LogP contribution is 2.19. The number of phenols is 1. The summed E-state index contributed by atoms with van der Waals surface area (Å²) < 4.78 is 2.91. The molecule has 0 aliphatic rings. The van der Waals surface area contributed by atoms with E-state index in [2.05, 4.69) is 10.0 Å². The lowest BCUT2D eigenvalue weighted by molar-refractivity contribution is 0.108. The maximum absolute atomic E-state index is 11.5. The van der Waals surface area contributed by atoms with Crippen LogP contribution in [0.1, 0.15) is 10.4 Å². The second kappa shape index (κ2) is 6.44. The first-order valence-electron chi connectivity index (χ1n) is 4.62. The zero-order valence-electron chi connectivity index (χ0n) is 8.49. The van der Waals surface area contributed by atoms with Crippen LogP contribution in [0.3, 0.4) is 0 Å². The van der Waals surface area contributed by atoms with E-state index >= 15 is 0 Å². The van der Waals surface area contributed by atoms with E-state index in [9.17, 15) is 9.90 Å². The molecule has 15 heavy (non-hydrogen) atoms. The third kappa shape index (κ3) is 3.91. The molecule has 0 aliphatic carbocycles. The normalized spacial score (nSPS) is 10.2. The minimum atomic E-state index is -0.177. The van der Waals surface area contributed by atoms with Crippen LogP contribution in [-0.4, -0.2) is 30.4 Å². The van der Waals surface area contributed by atoms with Crippen LogP contribution in [0.4, 0.5) is 0 Å². The lowest BCUT2D eigenvalue weighted by atomic mass is 10.2. The Morgan fingerprint density at radius 1 is 1.40 bits per heavy atom. The lowest BCUT2D eigenvalue weighted by Gasteiger charge is -2.04. The van der Waals surface area contributed by atoms with Gasteiger partial charge in [-0.15, -0.1) is 0 Å². The summed E-state index contributed by atoms with van der Waals surface area (Å²) in [6.45, 7) is 1.49. The number of aromatic hydroxyl groups is 1. The van der Waals surface area contributed by atoms with Gasteiger partial charge in [0.15, 0.2) is 0 Å². The van der Waals surface area contributed by atoms with Crippen LogP contribution in [0.15, 0.2) is 24.3 Å². The number of carbonyl (C=O) groups excluding carboxylic acids is 1. The Morgan fingerprint density at radius 3 is 2.80 bits per heavy atom. The first-order chi connectivity index (χ1) is 7.25. The van der Waals surface area contributed by atoms with Crippen molar-refractivity contribution in [1.82, 2.24) is 10.0 Å². The van der Waals surface area contributed by atoms with Gasteiger partial charge in [-0.2, -0.15) is 0 Å². The number of phenolic OH excluding ortho intramolecular Hbond substituents is 1. The van der Waals surface area contributed by atoms with E-state index in [4.69, 9.17) is 0 Å². The van der Waals surface area contributed by atoms with Crippen LogP contribution < -0.4 is 10.0 Å². The Balaban J connectivity index is 2.44. The highest BCUT2D eigenvalue weighted by molar-refractivity contribution is 8.12. The molecule has 1 rings (SSSR count). The highest BCUT2D eigenvalue weighted by Gasteiger charge is 2.10. The number of carbonyl (C=O) groups is 1. The fraction of sp³-hybridized carbons (Fsp3) is 0.300. The largest absolute Gasteiger partial charge is 0.507 e. The van der Waals surface area contributed by atoms with Crippen molar-refractivity contribution in [3.63, 3.8) is 0 Å². The van der Waals surface area contributed by atoms with Crippen LogP contribution >= 0.6 is 11.9 Å². The van der Waals surface area contributed by atoms with Gasteiger partial charge in [-0.25, -0.2) is 0 Å². The average Bonchev–Trinajstić information content (AvgIpc) is 2.25. The third-order valence-corrected chi connectivity index (χ3v) is 2.52. The quantitative estimate of drug-likeness (QED) is 0.516. The second-order valence-electron chi connectivity index (χ2n) is 2.90. The van der Waals surface area contributed by atoms with Gasteiger partial charge >= 0.3 is 0 Å². The van der Waals surface area contributed by atoms with Gasteiger partial charge in [0.1, 0.15) is 5.75 Å². The first-order valence-corrected chi connectivity index (χ1v) is 5.44. The molecule has 0 amide bonds. The topological polar surface area (TPSA) is 61.4 Å². The number of rotatable bonds is 5. The monoisotopic (exact) mass is 226 g/mol. The Bertz CT molecular complexity index is 331. The summed E-state index contributed by atoms with van der Waals surface area (Å²) in [5, 5.41) is 12.2. The molecule has 1 aromatic carbocycles. The minimum Gasteiger partial charge on any atom is -0.507 e. The SMILES string of the molecule is CNCCNSC(=O)c1ccccc1O. The van der Waals surface area contributed by atoms with Crippen LogP contribution in [0, 0.1) is 0 Å². The lowest BCUT2D eigenvalue weighted by Crippen LogP contribution is -2.21. The number of likely N-dealkylation sites (N-methyl/N-ethyl adjacent to an activating group) is 1. The van der Waals surface area contributed by atoms with Crippen molar-refractivity contribution in [2.45, 2.75) is 0 Å². The number of hydrogen-bond acceptors (Lipinski definition) is 5. The fourth-order valence-electron chi connectivity index (χ4n) is 0.994. The number of hydrogen-bond donors (Lipinski definition) is 3. The molecular weight excluding hydrogens is 212 g/mol. The first kappa shape index (κ1) is 12.0. The Labute approximate surface area is 93.2 Å². The van der Waals surface area contributed by atoms with Crippen molar-refractivity contribution in [3.05, 3.63) is 29.8 Å². The molecule has 0 saturated carbocycles. The molecule has 5 heteroatoms. The Morgan fingerprint density at radius 2 is 2.13 bits per heavy atom. The van der Waals surface area contributed by atoms with Gasteiger partial charge in [0.2, 0.25) is 5.12 Å². The number of benzene rings is 1. The summed E-state index contributed by atoms with van der Waals surface area (Å²) in [6, 6.07) is 6.51. The molecule has 1 aromatic rings. The van der Waals surface area contributed by atoms with Gasteiger partial charge < -0.3 is 10.4 Å². The smallest absolute Gasteiger partial charge is 0.237 e. The van der Waals surface area contributed by atoms with E-state index < -0.39 is 0 Å². The molecule has 0 heterocycles. The molecule has 4 nitrogen and oxygen atoms in total. The van der Waals surface area contributed by atoms with Gasteiger partial charge in [0.05, 0.1) is 5.56 Å². The van der Waals surface area contributed by atoms with E-state index in [1.54, 1.807) is 18.2 Å². The summed E-state index contributed by atoms with van der Waals surface area (Å²) in [6.07, 6.45) is 0. The molecule has 3 N–H and O–H groups in total. The van der Waals surface area contributed by atoms with E-state index in [1.807, 2.05) is 7.05 Å². The Hall–Kier alpha value is -1.04. The molecule has 0 aromatic heterocycles. The van der Waals surface area contributed by atoms with Crippen molar-refractivity contribution in [2.75, 3.05) is 20.1 Å². The van der Waals surface area contributed by atoms with Crippen LogP contribution in [0.25, 0.3) is 0 Å². The van der Waals surface area contributed by atoms with Crippen LogP contribution in [0.2, 0.25) is 0 Å². The summed E-state index contributed by atoms with van der Waals surface area (Å²) >= 11 is 0.995. The zero-order valence-corrected chi connectivity index (χ0v) is 9.30. The van der Waals surface area contributed by atoms with Crippen molar-refractivity contribution in [3.8, 4) is 5.75 Å². The minimum absolute atomic E-state index is 0.0189. The number of nitrogens with one attached hydrogen (secondary N) is 2. The van der Waals surface area contributed by atoms with E-state index in [-0.39, 0.29) is 10.9 Å². The maximum Gasteiger partial charge on any atom is 0.237 e. The molecule has 82 valence electrons. The molecule has 0 bridgehead atoms. The predicted molar refractivity (Wildman–Crippen MR) is 62.0 cm³/mol. The summed E-state index contributed by atoms with van der Waals surface area (Å²) in [7, 11) is 1.84. The van der Waals surface area contributed by atoms with Gasteiger partial charge in [-0.1, -0.05) is 12.1 Å². The van der Waals surface area contributed by atoms with Gasteiger partial charge in [0.25, 0.3) is 0 Å². The van der Waals surface area contributed by atoms with E-state index in [1.165, 1.54) is 6.07 Å². The highest BCUT2D eigenvalue weighted by atomic mass is 32.2. The molecule has 0 spiro atoms. The van der Waals surface area contributed by atoms with Crippen molar-refractivity contribution < 1.29 is 9.90 Å². The Kier molecular flexibility index (Phi) is 5.17. The van der Waals surface area contributed by atoms with Gasteiger partial charge in [-0.3, -0.25) is 9.52 Å². The summed E-state index contributed by atoms with van der Waals surface area (Å²) in [4.78, 5) is 11.5. The molecule has 0 saturated heterocycles. The second-order valence-corrected chi connectivity index (χ2v) is 3.77. The average molecular weight is 226 g/mol. The predicted octanol–water partition coefficient (Wildman–Crippen LogP) is 0.990. The molecular formula is C10H14N2O2S. The zero-order chi connectivity index (χ0) is 11.1. The molecule has 0 atom stereocenters. The fourth-order valence-corrected chi connectivity index (χ4v) is 1.61. The van der Waals surface area contributed by atoms with Crippen molar-refractivity contribution in [2.24, 2.45) is 0 Å². The van der Waals surface area contributed by atoms with E-state index in [0.717, 1.165) is 18.5 Å². The maximum atomic E-state index is 11.5.